The summed E-state index contributed by atoms with van der Waals surface area (Å²) in [4.78, 5) is 10.6. The van der Waals surface area contributed by atoms with E-state index in [-0.39, 0.29) is 12.1 Å². The Bertz CT molecular complexity index is 836. The van der Waals surface area contributed by atoms with Crippen LogP contribution in [-0.4, -0.2) is 23.8 Å². The SMILES string of the molecule is CN(c1ccc2c(c1)OCO2)c1nc(Cl)nc2ccsc12. The van der Waals surface area contributed by atoms with E-state index >= 15 is 0 Å². The number of anilines is 2. The Balaban J connectivity index is 1.82. The third-order valence-electron chi connectivity index (χ3n) is 3.32. The molecule has 1 aliphatic rings. The molecule has 7 heteroatoms. The lowest BCUT2D eigenvalue weighted by Crippen LogP contribution is -2.11. The highest BCUT2D eigenvalue weighted by Gasteiger charge is 2.18. The van der Waals surface area contributed by atoms with Crippen LogP contribution in [0.3, 0.4) is 0 Å². The van der Waals surface area contributed by atoms with Gasteiger partial charge in [-0.15, -0.1) is 11.3 Å². The van der Waals surface area contributed by atoms with Gasteiger partial charge in [0.15, 0.2) is 17.3 Å². The van der Waals surface area contributed by atoms with Crippen LogP contribution in [0.2, 0.25) is 5.28 Å². The van der Waals surface area contributed by atoms with Crippen molar-refractivity contribution in [3.63, 3.8) is 0 Å². The summed E-state index contributed by atoms with van der Waals surface area (Å²) in [6, 6.07) is 7.72. The van der Waals surface area contributed by atoms with Crippen LogP contribution < -0.4 is 14.4 Å². The summed E-state index contributed by atoms with van der Waals surface area (Å²) in [6.45, 7) is 0.261. The zero-order valence-corrected chi connectivity index (χ0v) is 12.6. The van der Waals surface area contributed by atoms with Crippen molar-refractivity contribution in [3.8, 4) is 11.5 Å². The zero-order chi connectivity index (χ0) is 14.4. The van der Waals surface area contributed by atoms with Crippen LogP contribution in [0.1, 0.15) is 0 Å². The minimum atomic E-state index is 0.239. The normalized spacial score (nSPS) is 12.9. The summed E-state index contributed by atoms with van der Waals surface area (Å²) in [5.74, 6) is 2.27. The summed E-state index contributed by atoms with van der Waals surface area (Å²) in [5.41, 5.74) is 1.80. The molecule has 0 spiro atoms. The van der Waals surface area contributed by atoms with Crippen molar-refractivity contribution in [3.05, 3.63) is 34.9 Å². The predicted octanol–water partition coefficient (Wildman–Crippen LogP) is 3.84. The molecule has 3 aromatic rings. The fourth-order valence-electron chi connectivity index (χ4n) is 2.26. The number of rotatable bonds is 2. The first-order valence-electron chi connectivity index (χ1n) is 6.26. The van der Waals surface area contributed by atoms with E-state index in [9.17, 15) is 0 Å². The number of aromatic nitrogens is 2. The first-order valence-corrected chi connectivity index (χ1v) is 7.52. The van der Waals surface area contributed by atoms with Crippen LogP contribution in [0.15, 0.2) is 29.6 Å². The van der Waals surface area contributed by atoms with Gasteiger partial charge in [-0.1, -0.05) is 0 Å². The lowest BCUT2D eigenvalue weighted by atomic mass is 10.2. The minimum Gasteiger partial charge on any atom is -0.454 e. The molecule has 3 heterocycles. The molecule has 5 nitrogen and oxygen atoms in total. The van der Waals surface area contributed by atoms with Gasteiger partial charge < -0.3 is 14.4 Å². The lowest BCUT2D eigenvalue weighted by Gasteiger charge is -2.19. The molecule has 0 radical (unpaired) electrons. The zero-order valence-electron chi connectivity index (χ0n) is 11.0. The number of thiophene rings is 1. The Kier molecular flexibility index (Phi) is 2.87. The van der Waals surface area contributed by atoms with Crippen molar-refractivity contribution in [2.75, 3.05) is 18.7 Å². The quantitative estimate of drug-likeness (QED) is 0.672. The van der Waals surface area contributed by atoms with E-state index < -0.39 is 0 Å². The van der Waals surface area contributed by atoms with Crippen molar-refractivity contribution in [1.29, 1.82) is 0 Å². The Morgan fingerprint density at radius 3 is 2.95 bits per heavy atom. The predicted molar refractivity (Wildman–Crippen MR) is 83.1 cm³/mol. The molecule has 21 heavy (non-hydrogen) atoms. The minimum absolute atomic E-state index is 0.239. The third-order valence-corrected chi connectivity index (χ3v) is 4.39. The number of ether oxygens (including phenoxy) is 2. The topological polar surface area (TPSA) is 47.5 Å². The van der Waals surface area contributed by atoms with E-state index in [4.69, 9.17) is 21.1 Å². The molecule has 1 aliphatic heterocycles. The van der Waals surface area contributed by atoms with Crippen LogP contribution in [0, 0.1) is 0 Å². The Morgan fingerprint density at radius 2 is 2.05 bits per heavy atom. The van der Waals surface area contributed by atoms with E-state index in [1.54, 1.807) is 11.3 Å². The number of hydrogen-bond acceptors (Lipinski definition) is 6. The highest BCUT2D eigenvalue weighted by molar-refractivity contribution is 7.17. The molecular formula is C14H10ClN3O2S. The van der Waals surface area contributed by atoms with Gasteiger partial charge in [0.25, 0.3) is 0 Å². The number of halogens is 1. The summed E-state index contributed by atoms with van der Waals surface area (Å²) >= 11 is 7.61. The van der Waals surface area contributed by atoms with Gasteiger partial charge in [0, 0.05) is 18.8 Å². The van der Waals surface area contributed by atoms with Gasteiger partial charge in [0.1, 0.15) is 0 Å². The largest absolute Gasteiger partial charge is 0.454 e. The molecule has 0 N–H and O–H groups in total. The fraction of sp³-hybridized carbons (Fsp3) is 0.143. The van der Waals surface area contributed by atoms with Crippen LogP contribution in [0.5, 0.6) is 11.5 Å². The standard InChI is InChI=1S/C14H10ClN3O2S/c1-18(8-2-3-10-11(6-8)20-7-19-10)13-12-9(4-5-21-12)16-14(15)17-13/h2-6H,7H2,1H3. The fourth-order valence-corrected chi connectivity index (χ4v) is 3.29. The maximum Gasteiger partial charge on any atom is 0.231 e. The van der Waals surface area contributed by atoms with E-state index in [1.807, 2.05) is 41.6 Å². The van der Waals surface area contributed by atoms with Crippen molar-refractivity contribution in [2.45, 2.75) is 0 Å². The summed E-state index contributed by atoms with van der Waals surface area (Å²) in [6.07, 6.45) is 0. The number of benzene rings is 1. The van der Waals surface area contributed by atoms with E-state index in [1.165, 1.54) is 0 Å². The molecular weight excluding hydrogens is 310 g/mol. The molecule has 0 fully saturated rings. The highest BCUT2D eigenvalue weighted by Crippen LogP contribution is 2.38. The smallest absolute Gasteiger partial charge is 0.231 e. The lowest BCUT2D eigenvalue weighted by molar-refractivity contribution is 0.174. The second-order valence-corrected chi connectivity index (χ2v) is 5.80. The Morgan fingerprint density at radius 1 is 1.19 bits per heavy atom. The van der Waals surface area contributed by atoms with Crippen LogP contribution in [-0.2, 0) is 0 Å². The first-order chi connectivity index (χ1) is 10.2. The van der Waals surface area contributed by atoms with Gasteiger partial charge in [-0.25, -0.2) is 4.98 Å². The molecule has 0 unspecified atom stereocenters. The Hall–Kier alpha value is -2.05. The van der Waals surface area contributed by atoms with Crippen molar-refractivity contribution >= 4 is 44.7 Å². The number of hydrogen-bond donors (Lipinski definition) is 0. The van der Waals surface area contributed by atoms with Gasteiger partial charge in [0.2, 0.25) is 12.1 Å². The summed E-state index contributed by atoms with van der Waals surface area (Å²) in [5, 5.41) is 2.22. The van der Waals surface area contributed by atoms with Gasteiger partial charge in [-0.2, -0.15) is 4.98 Å². The number of fused-ring (bicyclic) bond motifs is 2. The van der Waals surface area contributed by atoms with Crippen molar-refractivity contribution in [2.24, 2.45) is 0 Å². The molecule has 2 aromatic heterocycles. The molecule has 0 bridgehead atoms. The first kappa shape index (κ1) is 12.7. The van der Waals surface area contributed by atoms with Crippen LogP contribution in [0.25, 0.3) is 10.2 Å². The van der Waals surface area contributed by atoms with E-state index in [0.29, 0.717) is 0 Å². The van der Waals surface area contributed by atoms with Crippen LogP contribution in [0.4, 0.5) is 11.5 Å². The average Bonchev–Trinajstić information content (AvgIpc) is 3.12. The molecule has 0 atom stereocenters. The summed E-state index contributed by atoms with van der Waals surface area (Å²) in [7, 11) is 1.94. The van der Waals surface area contributed by atoms with E-state index in [0.717, 1.165) is 33.2 Å². The third kappa shape index (κ3) is 2.07. The maximum atomic E-state index is 6.02. The van der Waals surface area contributed by atoms with Gasteiger partial charge in [-0.3, -0.25) is 0 Å². The van der Waals surface area contributed by atoms with Crippen LogP contribution >= 0.6 is 22.9 Å². The second-order valence-electron chi connectivity index (χ2n) is 4.55. The average molecular weight is 320 g/mol. The van der Waals surface area contributed by atoms with Crippen molar-refractivity contribution in [1.82, 2.24) is 9.97 Å². The second kappa shape index (κ2) is 4.75. The summed E-state index contributed by atoms with van der Waals surface area (Å²) < 4.78 is 11.7. The maximum absolute atomic E-state index is 6.02. The molecule has 0 aliphatic carbocycles. The molecule has 4 rings (SSSR count). The molecule has 0 saturated heterocycles. The molecule has 1 aromatic carbocycles. The van der Waals surface area contributed by atoms with E-state index in [2.05, 4.69) is 9.97 Å². The number of nitrogens with zero attached hydrogens (tertiary/aromatic N) is 3. The van der Waals surface area contributed by atoms with Crippen molar-refractivity contribution < 1.29 is 9.47 Å². The Labute approximate surface area is 129 Å². The molecule has 106 valence electrons. The van der Waals surface area contributed by atoms with Gasteiger partial charge in [-0.05, 0) is 35.2 Å². The van der Waals surface area contributed by atoms with Gasteiger partial charge >= 0.3 is 0 Å². The molecule has 0 amide bonds. The van der Waals surface area contributed by atoms with Gasteiger partial charge in [0.05, 0.1) is 10.2 Å². The monoisotopic (exact) mass is 319 g/mol. The molecule has 0 saturated carbocycles. The highest BCUT2D eigenvalue weighted by atomic mass is 35.5.